The number of aromatic nitrogens is 2. The Morgan fingerprint density at radius 3 is 2.48 bits per heavy atom. The number of ether oxygens (including phenoxy) is 3. The van der Waals surface area contributed by atoms with E-state index in [9.17, 15) is 4.79 Å². The van der Waals surface area contributed by atoms with Crippen LogP contribution >= 0.6 is 0 Å². The molecule has 0 spiro atoms. The van der Waals surface area contributed by atoms with Crippen LogP contribution in [0.5, 0.6) is 11.5 Å². The summed E-state index contributed by atoms with van der Waals surface area (Å²) in [6.07, 6.45) is 1.25. The van der Waals surface area contributed by atoms with Crippen LogP contribution in [0.2, 0.25) is 0 Å². The van der Waals surface area contributed by atoms with Gasteiger partial charge in [0.25, 0.3) is 5.91 Å². The van der Waals surface area contributed by atoms with Gasteiger partial charge in [0.1, 0.15) is 17.6 Å². The van der Waals surface area contributed by atoms with E-state index in [2.05, 4.69) is 10.1 Å². The molecule has 1 atom stereocenters. The van der Waals surface area contributed by atoms with Crippen LogP contribution in [-0.4, -0.2) is 59.5 Å². The summed E-state index contributed by atoms with van der Waals surface area (Å²) in [6, 6.07) is 17.0. The standard InChI is InChI=1S/C25H27N3O5/c1-17(31-20-5-3-2-4-6-20)25(29)28-15-22(16-28)32-21-9-7-18(8-10-21)23-26-24(33-27-23)19-11-13-30-14-12-19/h2-10,17,19,22H,11-16H2,1H3. The molecule has 2 saturated heterocycles. The van der Waals surface area contributed by atoms with Gasteiger partial charge in [-0.15, -0.1) is 0 Å². The monoisotopic (exact) mass is 449 g/mol. The summed E-state index contributed by atoms with van der Waals surface area (Å²) < 4.78 is 22.6. The molecule has 0 aliphatic carbocycles. The van der Waals surface area contributed by atoms with E-state index in [1.54, 1.807) is 11.8 Å². The first-order chi connectivity index (χ1) is 16.2. The zero-order chi connectivity index (χ0) is 22.6. The molecule has 172 valence electrons. The smallest absolute Gasteiger partial charge is 0.263 e. The Morgan fingerprint density at radius 1 is 1.03 bits per heavy atom. The fourth-order valence-electron chi connectivity index (χ4n) is 4.04. The average molecular weight is 450 g/mol. The number of benzene rings is 2. The molecule has 0 saturated carbocycles. The summed E-state index contributed by atoms with van der Waals surface area (Å²) in [5, 5.41) is 4.13. The molecule has 2 aliphatic heterocycles. The third kappa shape index (κ3) is 5.01. The maximum atomic E-state index is 12.6. The molecule has 2 aromatic carbocycles. The highest BCUT2D eigenvalue weighted by Crippen LogP contribution is 2.28. The number of hydrogen-bond donors (Lipinski definition) is 0. The zero-order valence-electron chi connectivity index (χ0n) is 18.6. The van der Waals surface area contributed by atoms with Crippen molar-refractivity contribution in [2.45, 2.75) is 37.9 Å². The lowest BCUT2D eigenvalue weighted by Gasteiger charge is -2.40. The highest BCUT2D eigenvalue weighted by molar-refractivity contribution is 5.81. The van der Waals surface area contributed by atoms with E-state index in [0.29, 0.717) is 30.6 Å². The fraction of sp³-hybridized carbons (Fsp3) is 0.400. The van der Waals surface area contributed by atoms with Crippen molar-refractivity contribution in [3.8, 4) is 22.9 Å². The van der Waals surface area contributed by atoms with Gasteiger partial charge in [0, 0.05) is 24.7 Å². The molecule has 1 amide bonds. The number of carbonyl (C=O) groups is 1. The van der Waals surface area contributed by atoms with Crippen molar-refractivity contribution in [1.29, 1.82) is 0 Å². The first kappa shape index (κ1) is 21.5. The van der Waals surface area contributed by atoms with E-state index in [0.717, 1.165) is 37.4 Å². The van der Waals surface area contributed by atoms with Gasteiger partial charge < -0.3 is 23.6 Å². The van der Waals surface area contributed by atoms with Gasteiger partial charge in [0.15, 0.2) is 6.10 Å². The third-order valence-corrected chi connectivity index (χ3v) is 5.99. The van der Waals surface area contributed by atoms with E-state index in [4.69, 9.17) is 18.7 Å². The van der Waals surface area contributed by atoms with Crippen LogP contribution in [0.15, 0.2) is 59.1 Å². The van der Waals surface area contributed by atoms with Crippen molar-refractivity contribution in [2.24, 2.45) is 0 Å². The molecule has 1 unspecified atom stereocenters. The molecule has 2 aliphatic rings. The number of likely N-dealkylation sites (tertiary alicyclic amines) is 1. The van der Waals surface area contributed by atoms with Crippen LogP contribution in [-0.2, 0) is 9.53 Å². The number of rotatable bonds is 7. The second kappa shape index (κ2) is 9.62. The second-order valence-corrected chi connectivity index (χ2v) is 8.42. The molecule has 33 heavy (non-hydrogen) atoms. The summed E-state index contributed by atoms with van der Waals surface area (Å²) in [5.74, 6) is 2.93. The Kier molecular flexibility index (Phi) is 6.26. The SMILES string of the molecule is CC(Oc1ccccc1)C(=O)N1CC(Oc2ccc(-c3noc(C4CCOCC4)n3)cc2)C1. The van der Waals surface area contributed by atoms with Crippen LogP contribution in [0.1, 0.15) is 31.6 Å². The van der Waals surface area contributed by atoms with Gasteiger partial charge in [-0.3, -0.25) is 4.79 Å². The normalized spacial score (nSPS) is 17.9. The van der Waals surface area contributed by atoms with Gasteiger partial charge in [-0.1, -0.05) is 23.4 Å². The van der Waals surface area contributed by atoms with Gasteiger partial charge in [-0.05, 0) is 56.2 Å². The van der Waals surface area contributed by atoms with Crippen molar-refractivity contribution >= 4 is 5.91 Å². The summed E-state index contributed by atoms with van der Waals surface area (Å²) in [7, 11) is 0. The molecule has 8 nitrogen and oxygen atoms in total. The van der Waals surface area contributed by atoms with Crippen molar-refractivity contribution in [3.05, 3.63) is 60.5 Å². The molecular weight excluding hydrogens is 422 g/mol. The summed E-state index contributed by atoms with van der Waals surface area (Å²) >= 11 is 0. The minimum Gasteiger partial charge on any atom is -0.487 e. The number of amides is 1. The van der Waals surface area contributed by atoms with Crippen molar-refractivity contribution in [2.75, 3.05) is 26.3 Å². The van der Waals surface area contributed by atoms with E-state index in [1.807, 2.05) is 54.6 Å². The van der Waals surface area contributed by atoms with Gasteiger partial charge >= 0.3 is 0 Å². The molecule has 3 heterocycles. The quantitative estimate of drug-likeness (QED) is 0.544. The van der Waals surface area contributed by atoms with Gasteiger partial charge in [-0.2, -0.15) is 4.98 Å². The second-order valence-electron chi connectivity index (χ2n) is 8.42. The molecule has 0 N–H and O–H groups in total. The Balaban J connectivity index is 1.11. The topological polar surface area (TPSA) is 86.9 Å². The van der Waals surface area contributed by atoms with Crippen LogP contribution in [0.25, 0.3) is 11.4 Å². The third-order valence-electron chi connectivity index (χ3n) is 5.99. The highest BCUT2D eigenvalue weighted by atomic mass is 16.5. The Bertz CT molecular complexity index is 1060. The van der Waals surface area contributed by atoms with Crippen molar-refractivity contribution < 1.29 is 23.5 Å². The minimum absolute atomic E-state index is 0.0333. The van der Waals surface area contributed by atoms with Crippen molar-refractivity contribution in [1.82, 2.24) is 15.0 Å². The molecule has 0 bridgehead atoms. The Morgan fingerprint density at radius 2 is 1.76 bits per heavy atom. The lowest BCUT2D eigenvalue weighted by atomic mass is 10.0. The van der Waals surface area contributed by atoms with Crippen LogP contribution in [0.3, 0.4) is 0 Å². The lowest BCUT2D eigenvalue weighted by Crippen LogP contribution is -2.58. The minimum atomic E-state index is -0.534. The first-order valence-electron chi connectivity index (χ1n) is 11.3. The van der Waals surface area contributed by atoms with E-state index >= 15 is 0 Å². The van der Waals surface area contributed by atoms with Crippen LogP contribution < -0.4 is 9.47 Å². The van der Waals surface area contributed by atoms with E-state index in [1.165, 1.54) is 0 Å². The number of carbonyl (C=O) groups excluding carboxylic acids is 1. The highest BCUT2D eigenvalue weighted by Gasteiger charge is 2.35. The average Bonchev–Trinajstić information content (AvgIpc) is 3.33. The molecule has 5 rings (SSSR count). The fourth-order valence-corrected chi connectivity index (χ4v) is 4.04. The molecule has 8 heteroatoms. The van der Waals surface area contributed by atoms with Gasteiger partial charge in [0.05, 0.1) is 13.1 Å². The van der Waals surface area contributed by atoms with Gasteiger partial charge in [-0.25, -0.2) is 0 Å². The molecule has 1 aromatic heterocycles. The maximum absolute atomic E-state index is 12.6. The largest absolute Gasteiger partial charge is 0.487 e. The van der Waals surface area contributed by atoms with Crippen molar-refractivity contribution in [3.63, 3.8) is 0 Å². The van der Waals surface area contributed by atoms with Crippen LogP contribution in [0.4, 0.5) is 0 Å². The number of nitrogens with zero attached hydrogens (tertiary/aromatic N) is 3. The van der Waals surface area contributed by atoms with E-state index in [-0.39, 0.29) is 17.9 Å². The first-order valence-corrected chi connectivity index (χ1v) is 11.3. The molecule has 3 aromatic rings. The van der Waals surface area contributed by atoms with Crippen LogP contribution in [0, 0.1) is 0 Å². The summed E-state index contributed by atoms with van der Waals surface area (Å²) in [5.41, 5.74) is 0.877. The van der Waals surface area contributed by atoms with Gasteiger partial charge in [0.2, 0.25) is 11.7 Å². The Labute approximate surface area is 192 Å². The molecule has 2 fully saturated rings. The zero-order valence-corrected chi connectivity index (χ0v) is 18.6. The molecule has 0 radical (unpaired) electrons. The summed E-state index contributed by atoms with van der Waals surface area (Å²) in [6.45, 7) is 4.33. The number of hydrogen-bond acceptors (Lipinski definition) is 7. The predicted octanol–water partition coefficient (Wildman–Crippen LogP) is 3.69. The molecular formula is C25H27N3O5. The summed E-state index contributed by atoms with van der Waals surface area (Å²) in [4.78, 5) is 18.9. The van der Waals surface area contributed by atoms with E-state index < -0.39 is 6.10 Å². The Hall–Kier alpha value is -3.39. The maximum Gasteiger partial charge on any atom is 0.263 e. The predicted molar refractivity (Wildman–Crippen MR) is 120 cm³/mol. The lowest BCUT2D eigenvalue weighted by molar-refractivity contribution is -0.146. The number of para-hydroxylation sites is 1.